The molecule has 1 aromatic heterocycles. The van der Waals surface area contributed by atoms with Gasteiger partial charge in [0.2, 0.25) is 0 Å². The van der Waals surface area contributed by atoms with Gasteiger partial charge < -0.3 is 14.5 Å². The molecule has 6 heteroatoms. The molecule has 24 heavy (non-hydrogen) atoms. The third kappa shape index (κ3) is 4.47. The fourth-order valence-corrected chi connectivity index (χ4v) is 2.85. The average Bonchev–Trinajstić information content (AvgIpc) is 2.50. The van der Waals surface area contributed by atoms with Gasteiger partial charge in [0.25, 0.3) is 0 Å². The van der Waals surface area contributed by atoms with Crippen molar-refractivity contribution >= 4 is 7.60 Å². The Hall–Kier alpha value is -2.10. The molecule has 0 saturated heterocycles. The second-order valence-electron chi connectivity index (χ2n) is 6.60. The summed E-state index contributed by atoms with van der Waals surface area (Å²) >= 11 is 0. The maximum Gasteiger partial charge on any atom is 0.400 e. The van der Waals surface area contributed by atoms with Crippen molar-refractivity contribution in [3.8, 4) is 11.5 Å². The van der Waals surface area contributed by atoms with Crippen LogP contribution in [0, 0.1) is 0 Å². The lowest BCUT2D eigenvalue weighted by atomic mass is 9.85. The molecule has 2 N–H and O–H groups in total. The zero-order valence-electron chi connectivity index (χ0n) is 14.1. The number of rotatable bonds is 5. The Kier molecular flexibility index (Phi) is 5.16. The summed E-state index contributed by atoms with van der Waals surface area (Å²) in [5.74, 6) is 1.39. The van der Waals surface area contributed by atoms with E-state index in [0.717, 1.165) is 22.5 Å². The van der Waals surface area contributed by atoms with E-state index in [9.17, 15) is 14.6 Å². The largest absolute Gasteiger partial charge is 0.508 e. The van der Waals surface area contributed by atoms with Crippen molar-refractivity contribution in [2.45, 2.75) is 32.6 Å². The lowest BCUT2D eigenvalue weighted by Gasteiger charge is -2.21. The second-order valence-corrected chi connectivity index (χ2v) is 8.28. The smallest absolute Gasteiger partial charge is 0.400 e. The van der Waals surface area contributed by atoms with Crippen LogP contribution in [0.5, 0.6) is 11.5 Å². The molecule has 0 radical (unpaired) electrons. The molecule has 0 spiro atoms. The van der Waals surface area contributed by atoms with E-state index in [4.69, 9.17) is 4.52 Å². The van der Waals surface area contributed by atoms with Crippen LogP contribution in [-0.4, -0.2) is 15.0 Å². The van der Waals surface area contributed by atoms with Crippen LogP contribution in [0.25, 0.3) is 0 Å². The average molecular weight is 347 g/mol. The van der Waals surface area contributed by atoms with Crippen molar-refractivity contribution in [1.29, 1.82) is 0 Å². The Morgan fingerprint density at radius 1 is 1.33 bits per heavy atom. The van der Waals surface area contributed by atoms with Gasteiger partial charge >= 0.3 is 7.60 Å². The van der Waals surface area contributed by atoms with E-state index in [0.29, 0.717) is 6.42 Å². The molecular formula is C18H22NO4P. The molecule has 0 fully saturated rings. The summed E-state index contributed by atoms with van der Waals surface area (Å²) in [6, 6.07) is 7.16. The van der Waals surface area contributed by atoms with Crippen LogP contribution >= 0.6 is 7.60 Å². The number of phenolic OH excluding ortho intramolecular Hbond substituents is 1. The van der Waals surface area contributed by atoms with Crippen LogP contribution in [-0.2, 0) is 16.4 Å². The number of hydrogen-bond donors (Lipinski definition) is 2. The molecule has 5 nitrogen and oxygen atoms in total. The number of nitrogens with zero attached hydrogens (tertiary/aromatic N) is 1. The zero-order chi connectivity index (χ0) is 18.0. The Bertz CT molecular complexity index is 796. The molecule has 2 rings (SSSR count). The van der Waals surface area contributed by atoms with Crippen LogP contribution < -0.4 is 4.52 Å². The third-order valence-corrected chi connectivity index (χ3v) is 4.51. The van der Waals surface area contributed by atoms with Crippen LogP contribution in [0.1, 0.15) is 37.5 Å². The molecular weight excluding hydrogens is 325 g/mol. The van der Waals surface area contributed by atoms with Gasteiger partial charge in [-0.05, 0) is 28.7 Å². The molecule has 2 aromatic rings. The predicted octanol–water partition coefficient (Wildman–Crippen LogP) is 4.38. The van der Waals surface area contributed by atoms with Crippen molar-refractivity contribution in [1.82, 2.24) is 4.98 Å². The summed E-state index contributed by atoms with van der Waals surface area (Å²) in [6.07, 6.45) is 3.49. The maximum absolute atomic E-state index is 11.7. The van der Waals surface area contributed by atoms with Gasteiger partial charge in [0.1, 0.15) is 5.75 Å². The van der Waals surface area contributed by atoms with Crippen LogP contribution in [0.15, 0.2) is 49.1 Å². The van der Waals surface area contributed by atoms with Gasteiger partial charge in [-0.1, -0.05) is 39.5 Å². The van der Waals surface area contributed by atoms with Gasteiger partial charge in [0.15, 0.2) is 5.75 Å². The molecule has 0 aliphatic rings. The lowest BCUT2D eigenvalue weighted by Crippen LogP contribution is -2.11. The van der Waals surface area contributed by atoms with E-state index in [1.54, 1.807) is 18.3 Å². The Morgan fingerprint density at radius 3 is 2.67 bits per heavy atom. The number of phenols is 1. The van der Waals surface area contributed by atoms with Crippen molar-refractivity contribution in [2.75, 3.05) is 0 Å². The van der Waals surface area contributed by atoms with Crippen molar-refractivity contribution in [2.24, 2.45) is 0 Å². The Labute approximate surface area is 142 Å². The van der Waals surface area contributed by atoms with E-state index >= 15 is 0 Å². The number of pyridine rings is 1. The summed E-state index contributed by atoms with van der Waals surface area (Å²) in [5.41, 5.74) is 2.34. The van der Waals surface area contributed by atoms with Crippen LogP contribution in [0.4, 0.5) is 0 Å². The van der Waals surface area contributed by atoms with E-state index in [1.807, 2.05) is 32.9 Å². The first-order valence-corrected chi connectivity index (χ1v) is 9.18. The van der Waals surface area contributed by atoms with E-state index in [-0.39, 0.29) is 16.9 Å². The molecule has 0 saturated carbocycles. The molecule has 0 aliphatic carbocycles. The first-order chi connectivity index (χ1) is 11.1. The zero-order valence-corrected chi connectivity index (χ0v) is 15.0. The van der Waals surface area contributed by atoms with Gasteiger partial charge in [0.05, 0.1) is 6.20 Å². The molecule has 1 atom stereocenters. The van der Waals surface area contributed by atoms with Crippen molar-refractivity contribution < 1.29 is 19.1 Å². The highest BCUT2D eigenvalue weighted by atomic mass is 31.2. The lowest BCUT2D eigenvalue weighted by molar-refractivity contribution is 0.390. The topological polar surface area (TPSA) is 79.7 Å². The third-order valence-electron chi connectivity index (χ3n) is 3.59. The number of benzene rings is 1. The summed E-state index contributed by atoms with van der Waals surface area (Å²) in [4.78, 5) is 13.6. The summed E-state index contributed by atoms with van der Waals surface area (Å²) < 4.78 is 16.9. The highest BCUT2D eigenvalue weighted by Gasteiger charge is 2.20. The minimum atomic E-state index is -3.89. The Balaban J connectivity index is 2.36. The minimum absolute atomic E-state index is 0.193. The summed E-state index contributed by atoms with van der Waals surface area (Å²) in [7, 11) is -3.89. The van der Waals surface area contributed by atoms with E-state index in [2.05, 4.69) is 11.6 Å². The highest BCUT2D eigenvalue weighted by Crippen LogP contribution is 2.44. The monoisotopic (exact) mass is 347 g/mol. The van der Waals surface area contributed by atoms with Gasteiger partial charge in [-0.15, -0.1) is 0 Å². The quantitative estimate of drug-likeness (QED) is 0.785. The van der Waals surface area contributed by atoms with Crippen LogP contribution in [0.2, 0.25) is 0 Å². The highest BCUT2D eigenvalue weighted by molar-refractivity contribution is 7.56. The van der Waals surface area contributed by atoms with Gasteiger partial charge in [0, 0.05) is 24.0 Å². The molecule has 0 amide bonds. The standard InChI is InChI=1S/C18H22NO4P/c1-5-24(21,22)23-17-12-19-9-8-14(17)10-13-6-7-16(20)15(11-13)18(2,3)4/h5-9,11-12,20H,1,10H2,2-4H3,(H,21,22). The Morgan fingerprint density at radius 2 is 2.04 bits per heavy atom. The number of aromatic hydroxyl groups is 1. The predicted molar refractivity (Wildman–Crippen MR) is 94.5 cm³/mol. The number of aromatic nitrogens is 1. The van der Waals surface area contributed by atoms with Crippen molar-refractivity contribution in [3.63, 3.8) is 0 Å². The normalized spacial score (nSPS) is 14.0. The summed E-state index contributed by atoms with van der Waals surface area (Å²) in [6.45, 7) is 9.38. The fourth-order valence-electron chi connectivity index (χ4n) is 2.33. The summed E-state index contributed by atoms with van der Waals surface area (Å²) in [5, 5.41) is 10.1. The molecule has 0 aliphatic heterocycles. The molecule has 1 aromatic carbocycles. The van der Waals surface area contributed by atoms with E-state index in [1.165, 1.54) is 6.20 Å². The number of hydrogen-bond acceptors (Lipinski definition) is 4. The minimum Gasteiger partial charge on any atom is -0.508 e. The van der Waals surface area contributed by atoms with Gasteiger partial charge in [-0.25, -0.2) is 4.57 Å². The van der Waals surface area contributed by atoms with Gasteiger partial charge in [-0.3, -0.25) is 4.98 Å². The maximum atomic E-state index is 11.7. The fraction of sp³-hybridized carbons (Fsp3) is 0.278. The first-order valence-electron chi connectivity index (χ1n) is 7.53. The molecule has 1 heterocycles. The second kappa shape index (κ2) is 6.80. The van der Waals surface area contributed by atoms with Crippen molar-refractivity contribution in [3.05, 3.63) is 65.7 Å². The molecule has 0 bridgehead atoms. The SMILES string of the molecule is C=CP(=O)(O)Oc1cnccc1Cc1ccc(O)c(C(C)(C)C)c1. The van der Waals surface area contributed by atoms with E-state index < -0.39 is 7.60 Å². The molecule has 128 valence electrons. The molecule has 1 unspecified atom stereocenters. The first kappa shape index (κ1) is 18.2. The van der Waals surface area contributed by atoms with Crippen LogP contribution in [0.3, 0.4) is 0 Å². The van der Waals surface area contributed by atoms with Gasteiger partial charge in [-0.2, -0.15) is 0 Å².